The molecule has 0 aliphatic heterocycles. The van der Waals surface area contributed by atoms with Gasteiger partial charge in [-0.15, -0.1) is 0 Å². The van der Waals surface area contributed by atoms with E-state index in [1.807, 2.05) is 0 Å². The Morgan fingerprint density at radius 3 is 2.22 bits per heavy atom. The third-order valence-electron chi connectivity index (χ3n) is 6.23. The van der Waals surface area contributed by atoms with Crippen molar-refractivity contribution in [3.8, 4) is 0 Å². The zero-order valence-electron chi connectivity index (χ0n) is 13.0. The molecule has 4 fully saturated rings. The van der Waals surface area contributed by atoms with E-state index in [4.69, 9.17) is 11.6 Å². The maximum Gasteiger partial charge on any atom is 0.270 e. The number of benzene rings is 1. The molecule has 4 aliphatic rings. The highest BCUT2D eigenvalue weighted by molar-refractivity contribution is 6.31. The van der Waals surface area contributed by atoms with Gasteiger partial charge in [-0.05, 0) is 61.8 Å². The average molecular weight is 334 g/mol. The van der Waals surface area contributed by atoms with E-state index < -0.39 is 4.92 Å². The number of hydrogen-bond acceptors (Lipinski definition) is 3. The van der Waals surface area contributed by atoms with Gasteiger partial charge in [0.1, 0.15) is 5.78 Å². The second-order valence-corrected chi connectivity index (χ2v) is 8.24. The Hall–Kier alpha value is -1.42. The number of ketones is 1. The summed E-state index contributed by atoms with van der Waals surface area (Å²) >= 11 is 6.17. The number of carbonyl (C=O) groups excluding carboxylic acids is 1. The normalized spacial score (nSPS) is 34.6. The molecule has 5 heteroatoms. The maximum absolute atomic E-state index is 13.0. The van der Waals surface area contributed by atoms with Crippen LogP contribution in [-0.2, 0) is 11.2 Å². The number of hydrogen-bond donors (Lipinski definition) is 0. The molecule has 5 rings (SSSR count). The molecule has 0 heterocycles. The van der Waals surface area contributed by atoms with Crippen LogP contribution in [0.5, 0.6) is 0 Å². The molecule has 0 aromatic heterocycles. The van der Waals surface area contributed by atoms with E-state index in [2.05, 4.69) is 0 Å². The van der Waals surface area contributed by atoms with Gasteiger partial charge in [0.25, 0.3) is 5.69 Å². The molecular weight excluding hydrogens is 314 g/mol. The van der Waals surface area contributed by atoms with Crippen molar-refractivity contribution in [3.63, 3.8) is 0 Å². The number of nitro benzene ring substituents is 1. The van der Waals surface area contributed by atoms with Gasteiger partial charge in [0.15, 0.2) is 0 Å². The van der Waals surface area contributed by atoms with Gasteiger partial charge < -0.3 is 0 Å². The van der Waals surface area contributed by atoms with Gasteiger partial charge in [0.2, 0.25) is 0 Å². The Morgan fingerprint density at radius 1 is 1.17 bits per heavy atom. The van der Waals surface area contributed by atoms with Gasteiger partial charge in [-0.3, -0.25) is 14.9 Å². The van der Waals surface area contributed by atoms with Crippen LogP contribution in [0.2, 0.25) is 5.02 Å². The molecule has 0 saturated heterocycles. The topological polar surface area (TPSA) is 60.2 Å². The highest BCUT2D eigenvalue weighted by Crippen LogP contribution is 2.60. The molecule has 0 radical (unpaired) electrons. The van der Waals surface area contributed by atoms with E-state index in [9.17, 15) is 14.9 Å². The second kappa shape index (κ2) is 5.30. The van der Waals surface area contributed by atoms with Crippen LogP contribution in [0.4, 0.5) is 5.69 Å². The average Bonchev–Trinajstić information content (AvgIpc) is 2.47. The first-order valence-corrected chi connectivity index (χ1v) is 8.79. The summed E-state index contributed by atoms with van der Waals surface area (Å²) in [6, 6.07) is 4.43. The summed E-state index contributed by atoms with van der Waals surface area (Å²) < 4.78 is 0. The molecule has 0 spiro atoms. The molecule has 4 aliphatic carbocycles. The molecule has 4 nitrogen and oxygen atoms in total. The van der Waals surface area contributed by atoms with Crippen molar-refractivity contribution in [1.29, 1.82) is 0 Å². The molecule has 1 aromatic carbocycles. The van der Waals surface area contributed by atoms with Gasteiger partial charge in [0.05, 0.1) is 9.95 Å². The van der Waals surface area contributed by atoms with Crippen LogP contribution in [0.3, 0.4) is 0 Å². The first-order chi connectivity index (χ1) is 10.9. The lowest BCUT2D eigenvalue weighted by molar-refractivity contribution is -0.384. The van der Waals surface area contributed by atoms with Crippen molar-refractivity contribution in [2.45, 2.75) is 44.9 Å². The molecule has 23 heavy (non-hydrogen) atoms. The first-order valence-electron chi connectivity index (χ1n) is 8.41. The Bertz CT molecular complexity index is 650. The van der Waals surface area contributed by atoms with Crippen molar-refractivity contribution in [2.75, 3.05) is 0 Å². The summed E-state index contributed by atoms with van der Waals surface area (Å²) in [5.41, 5.74) is 0.554. The zero-order chi connectivity index (χ0) is 16.2. The summed E-state index contributed by atoms with van der Waals surface area (Å²) in [5, 5.41) is 11.1. The van der Waals surface area contributed by atoms with Crippen LogP contribution in [0.15, 0.2) is 18.2 Å². The molecule has 122 valence electrons. The molecular formula is C18H20ClNO3. The van der Waals surface area contributed by atoms with E-state index in [0.29, 0.717) is 17.2 Å². The fraction of sp³-hybridized carbons (Fsp3) is 0.611. The fourth-order valence-electron chi connectivity index (χ4n) is 5.61. The van der Waals surface area contributed by atoms with Crippen molar-refractivity contribution in [3.05, 3.63) is 38.9 Å². The van der Waals surface area contributed by atoms with Gasteiger partial charge in [-0.25, -0.2) is 0 Å². The van der Waals surface area contributed by atoms with Crippen LogP contribution >= 0.6 is 11.6 Å². The molecule has 0 unspecified atom stereocenters. The number of carbonyl (C=O) groups is 1. The quantitative estimate of drug-likeness (QED) is 0.598. The minimum atomic E-state index is -0.462. The van der Waals surface area contributed by atoms with E-state index in [0.717, 1.165) is 42.6 Å². The van der Waals surface area contributed by atoms with E-state index >= 15 is 0 Å². The third kappa shape index (κ3) is 2.57. The van der Waals surface area contributed by atoms with Crippen LogP contribution in [0, 0.1) is 33.3 Å². The van der Waals surface area contributed by atoms with Crippen molar-refractivity contribution in [1.82, 2.24) is 0 Å². The van der Waals surface area contributed by atoms with E-state index in [-0.39, 0.29) is 11.1 Å². The van der Waals surface area contributed by atoms with Gasteiger partial charge >= 0.3 is 0 Å². The van der Waals surface area contributed by atoms with Gasteiger partial charge in [-0.2, -0.15) is 0 Å². The van der Waals surface area contributed by atoms with Crippen LogP contribution in [0.1, 0.15) is 44.1 Å². The Morgan fingerprint density at radius 2 is 1.74 bits per heavy atom. The van der Waals surface area contributed by atoms with Crippen molar-refractivity contribution < 1.29 is 9.72 Å². The van der Waals surface area contributed by atoms with E-state index in [1.165, 1.54) is 31.4 Å². The van der Waals surface area contributed by atoms with Gasteiger partial charge in [0, 0.05) is 24.0 Å². The largest absolute Gasteiger partial charge is 0.299 e. The Kier molecular flexibility index (Phi) is 3.49. The van der Waals surface area contributed by atoms with Crippen LogP contribution in [0.25, 0.3) is 0 Å². The molecule has 4 saturated carbocycles. The lowest BCUT2D eigenvalue weighted by Crippen LogP contribution is -2.50. The lowest BCUT2D eigenvalue weighted by Gasteiger charge is -2.56. The standard InChI is InChI=1S/C18H20ClNO3/c19-16-7-15(20(22)23)2-1-14(16)6-17(21)18-8-11-3-12(9-18)5-13(4-11)10-18/h1-2,7,11-13H,3-6,8-10H2. The maximum atomic E-state index is 13.0. The number of nitrogens with zero attached hydrogens (tertiary/aromatic N) is 1. The lowest BCUT2D eigenvalue weighted by atomic mass is 9.48. The number of nitro groups is 1. The van der Waals surface area contributed by atoms with Gasteiger partial charge in [-0.1, -0.05) is 17.7 Å². The number of non-ortho nitro benzene ring substituents is 1. The molecule has 0 amide bonds. The minimum absolute atomic E-state index is 0.0268. The molecule has 4 bridgehead atoms. The Labute approximate surface area is 140 Å². The molecule has 1 aromatic rings. The SMILES string of the molecule is O=C(Cc1ccc([N+](=O)[O-])cc1Cl)C12CC3CC(CC(C3)C1)C2. The third-order valence-corrected chi connectivity index (χ3v) is 6.58. The van der Waals surface area contributed by atoms with Crippen molar-refractivity contribution >= 4 is 23.1 Å². The molecule has 0 N–H and O–H groups in total. The van der Waals surface area contributed by atoms with Crippen molar-refractivity contribution in [2.24, 2.45) is 23.2 Å². The predicted octanol–water partition coefficient (Wildman–Crippen LogP) is 4.58. The predicted molar refractivity (Wildman–Crippen MR) is 87.4 cm³/mol. The zero-order valence-corrected chi connectivity index (χ0v) is 13.7. The monoisotopic (exact) mass is 333 g/mol. The van der Waals surface area contributed by atoms with Crippen LogP contribution in [-0.4, -0.2) is 10.7 Å². The first kappa shape index (κ1) is 15.1. The summed E-state index contributed by atoms with van der Waals surface area (Å²) in [6.07, 6.45) is 7.37. The summed E-state index contributed by atoms with van der Waals surface area (Å²) in [4.78, 5) is 23.4. The minimum Gasteiger partial charge on any atom is -0.299 e. The smallest absolute Gasteiger partial charge is 0.270 e. The highest BCUT2D eigenvalue weighted by atomic mass is 35.5. The summed E-state index contributed by atoms with van der Waals surface area (Å²) in [7, 11) is 0. The summed E-state index contributed by atoms with van der Waals surface area (Å²) in [5.74, 6) is 2.50. The fourth-order valence-corrected chi connectivity index (χ4v) is 5.85. The number of Topliss-reactive ketones (excluding diaryl/α,β-unsaturated/α-hetero) is 1. The summed E-state index contributed by atoms with van der Waals surface area (Å²) in [6.45, 7) is 0. The Balaban J connectivity index is 1.55. The number of rotatable bonds is 4. The highest BCUT2D eigenvalue weighted by Gasteiger charge is 2.54. The van der Waals surface area contributed by atoms with Crippen LogP contribution < -0.4 is 0 Å². The number of halogens is 1. The second-order valence-electron chi connectivity index (χ2n) is 7.83. The van der Waals surface area contributed by atoms with E-state index in [1.54, 1.807) is 6.07 Å². The molecule has 0 atom stereocenters.